The molecule has 0 aliphatic carbocycles. The van der Waals surface area contributed by atoms with Crippen molar-refractivity contribution in [1.29, 1.82) is 0 Å². The molecule has 1 aliphatic rings. The first kappa shape index (κ1) is 27.2. The lowest BCUT2D eigenvalue weighted by Gasteiger charge is -2.19. The van der Waals surface area contributed by atoms with Crippen LogP contribution in [0.25, 0.3) is 6.08 Å². The van der Waals surface area contributed by atoms with Gasteiger partial charge in [-0.2, -0.15) is 21.6 Å². The van der Waals surface area contributed by atoms with E-state index in [-0.39, 0.29) is 22.6 Å². The second-order valence-corrected chi connectivity index (χ2v) is 10.9. The van der Waals surface area contributed by atoms with Crippen LogP contribution in [0.2, 0.25) is 0 Å². The molecular formula is C25H20F4N4O3S2. The minimum Gasteiger partial charge on any atom is -0.370 e. The molecule has 1 heterocycles. The highest BCUT2D eigenvalue weighted by Gasteiger charge is 2.46. The van der Waals surface area contributed by atoms with Gasteiger partial charge in [0.15, 0.2) is 5.17 Å². The van der Waals surface area contributed by atoms with Gasteiger partial charge in [-0.1, -0.05) is 24.3 Å². The molecule has 7 nitrogen and oxygen atoms in total. The predicted octanol–water partition coefficient (Wildman–Crippen LogP) is 5.62. The summed E-state index contributed by atoms with van der Waals surface area (Å²) in [6, 6.07) is 18.7. The molecule has 1 aliphatic heterocycles. The fourth-order valence-corrected chi connectivity index (χ4v) is 4.75. The van der Waals surface area contributed by atoms with Crippen LogP contribution in [0.4, 0.5) is 34.6 Å². The van der Waals surface area contributed by atoms with Crippen LogP contribution in [0.3, 0.4) is 0 Å². The van der Waals surface area contributed by atoms with Crippen molar-refractivity contribution in [3.8, 4) is 0 Å². The number of nitrogens with zero attached hydrogens (tertiary/aromatic N) is 2. The summed E-state index contributed by atoms with van der Waals surface area (Å²) in [4.78, 5) is 19.0. The standard InChI is InChI=1S/C25H20F4N4O3S2/c1-33(21-12-6-18(26)7-13-21)15-17-4-2-16(3-5-17)14-22-23(34)31-24(37-22)30-19-8-10-20(11-9-19)32-38(35,36)25(27,28)29/h2-14,32H,15H2,1H3,(H,30,31,34)/b22-14+. The number of carbonyl (C=O) groups is 1. The molecule has 2 N–H and O–H groups in total. The minimum atomic E-state index is -5.52. The van der Waals surface area contributed by atoms with Crippen LogP contribution in [0.5, 0.6) is 0 Å². The third kappa shape index (κ3) is 6.72. The van der Waals surface area contributed by atoms with E-state index in [0.29, 0.717) is 17.1 Å². The second-order valence-electron chi connectivity index (χ2n) is 8.15. The van der Waals surface area contributed by atoms with Gasteiger partial charge in [-0.25, -0.2) is 9.38 Å². The Morgan fingerprint density at radius 1 is 1.00 bits per heavy atom. The molecule has 1 saturated heterocycles. The minimum absolute atomic E-state index is 0.266. The Morgan fingerprint density at radius 2 is 1.63 bits per heavy atom. The molecule has 0 atom stereocenters. The Kier molecular flexibility index (Phi) is 7.78. The van der Waals surface area contributed by atoms with Crippen LogP contribution < -0.4 is 14.9 Å². The van der Waals surface area contributed by atoms with Gasteiger partial charge < -0.3 is 10.2 Å². The van der Waals surface area contributed by atoms with Crippen LogP contribution in [0, 0.1) is 5.82 Å². The summed E-state index contributed by atoms with van der Waals surface area (Å²) in [5.74, 6) is -0.655. The Balaban J connectivity index is 1.39. The van der Waals surface area contributed by atoms with Crippen LogP contribution in [0.15, 0.2) is 82.7 Å². The Labute approximate surface area is 220 Å². The summed E-state index contributed by atoms with van der Waals surface area (Å²) in [6.07, 6.45) is 1.70. The Bertz CT molecular complexity index is 1490. The molecule has 1 amide bonds. The lowest BCUT2D eigenvalue weighted by molar-refractivity contribution is -0.115. The van der Waals surface area contributed by atoms with E-state index in [1.165, 1.54) is 29.0 Å². The highest BCUT2D eigenvalue weighted by molar-refractivity contribution is 8.18. The maximum Gasteiger partial charge on any atom is 0.516 e. The van der Waals surface area contributed by atoms with Gasteiger partial charge in [-0.3, -0.25) is 9.52 Å². The fraction of sp³-hybridized carbons (Fsp3) is 0.120. The number of amides is 1. The number of thioether (sulfide) groups is 1. The summed E-state index contributed by atoms with van der Waals surface area (Å²) in [5, 5.41) is 2.88. The zero-order valence-corrected chi connectivity index (χ0v) is 21.3. The number of rotatable bonds is 7. The van der Waals surface area contributed by atoms with Gasteiger partial charge in [-0.15, -0.1) is 0 Å². The number of amidine groups is 1. The van der Waals surface area contributed by atoms with E-state index in [1.54, 1.807) is 18.2 Å². The molecule has 13 heteroatoms. The van der Waals surface area contributed by atoms with Gasteiger partial charge in [0.25, 0.3) is 5.91 Å². The lowest BCUT2D eigenvalue weighted by Crippen LogP contribution is -2.29. The number of halogens is 4. The largest absolute Gasteiger partial charge is 0.516 e. The van der Waals surface area contributed by atoms with Gasteiger partial charge in [0, 0.05) is 25.0 Å². The Hall–Kier alpha value is -3.84. The highest BCUT2D eigenvalue weighted by Crippen LogP contribution is 2.30. The number of benzene rings is 3. The van der Waals surface area contributed by atoms with E-state index >= 15 is 0 Å². The first-order valence-corrected chi connectivity index (χ1v) is 13.2. The van der Waals surface area contributed by atoms with Gasteiger partial charge in [0.1, 0.15) is 5.82 Å². The molecule has 0 bridgehead atoms. The van der Waals surface area contributed by atoms with E-state index in [4.69, 9.17) is 0 Å². The molecule has 0 aromatic heterocycles. The summed E-state index contributed by atoms with van der Waals surface area (Å²) < 4.78 is 74.5. The van der Waals surface area contributed by atoms with Crippen molar-refractivity contribution in [2.75, 3.05) is 16.7 Å². The number of sulfonamides is 1. The molecule has 3 aromatic carbocycles. The van der Waals surface area contributed by atoms with E-state index in [0.717, 1.165) is 40.7 Å². The average Bonchev–Trinajstić information content (AvgIpc) is 3.19. The number of carbonyl (C=O) groups excluding carboxylic acids is 1. The topological polar surface area (TPSA) is 90.9 Å². The van der Waals surface area contributed by atoms with Crippen LogP contribution in [-0.2, 0) is 21.4 Å². The van der Waals surface area contributed by atoms with E-state index in [2.05, 4.69) is 10.3 Å². The van der Waals surface area contributed by atoms with Crippen LogP contribution in [-0.4, -0.2) is 32.0 Å². The van der Waals surface area contributed by atoms with E-state index in [1.807, 2.05) is 36.2 Å². The maximum atomic E-state index is 13.1. The van der Waals surface area contributed by atoms with Crippen molar-refractivity contribution in [2.24, 2.45) is 4.99 Å². The number of alkyl halides is 3. The Morgan fingerprint density at radius 3 is 2.24 bits per heavy atom. The number of aliphatic imine (C=N–C) groups is 1. The highest BCUT2D eigenvalue weighted by atomic mass is 32.2. The average molecular weight is 565 g/mol. The van der Waals surface area contributed by atoms with Crippen molar-refractivity contribution >= 4 is 56.0 Å². The zero-order chi connectivity index (χ0) is 27.5. The molecule has 0 saturated carbocycles. The molecule has 3 aromatic rings. The van der Waals surface area contributed by atoms with E-state index in [9.17, 15) is 30.8 Å². The molecule has 0 spiro atoms. The number of nitrogens with one attached hydrogen (secondary N) is 2. The van der Waals surface area contributed by atoms with Crippen molar-refractivity contribution in [3.63, 3.8) is 0 Å². The summed E-state index contributed by atoms with van der Waals surface area (Å²) in [5.41, 5.74) is -2.72. The van der Waals surface area contributed by atoms with Crippen molar-refractivity contribution in [3.05, 3.63) is 94.6 Å². The molecule has 0 unspecified atom stereocenters. The van der Waals surface area contributed by atoms with Gasteiger partial charge in [-0.05, 0) is 77.5 Å². The van der Waals surface area contributed by atoms with E-state index < -0.39 is 15.5 Å². The number of anilines is 2. The summed E-state index contributed by atoms with van der Waals surface area (Å²) in [6.45, 7) is 0.602. The molecule has 0 radical (unpaired) electrons. The molecular weight excluding hydrogens is 544 g/mol. The smallest absolute Gasteiger partial charge is 0.370 e. The first-order valence-electron chi connectivity index (χ1n) is 10.9. The normalized spacial score (nSPS) is 16.1. The summed E-state index contributed by atoms with van der Waals surface area (Å²) in [7, 11) is -3.62. The van der Waals surface area contributed by atoms with Gasteiger partial charge in [0.05, 0.1) is 10.6 Å². The predicted molar refractivity (Wildman–Crippen MR) is 141 cm³/mol. The third-order valence-electron chi connectivity index (χ3n) is 5.27. The number of hydrogen-bond acceptors (Lipinski definition) is 6. The van der Waals surface area contributed by atoms with Gasteiger partial charge in [0.2, 0.25) is 0 Å². The number of hydrogen-bond donors (Lipinski definition) is 2. The zero-order valence-electron chi connectivity index (χ0n) is 19.7. The van der Waals surface area contributed by atoms with Crippen molar-refractivity contribution in [2.45, 2.75) is 12.1 Å². The quantitative estimate of drug-likeness (QED) is 0.287. The molecule has 198 valence electrons. The van der Waals surface area contributed by atoms with Crippen LogP contribution in [0.1, 0.15) is 11.1 Å². The van der Waals surface area contributed by atoms with Crippen LogP contribution >= 0.6 is 11.8 Å². The monoisotopic (exact) mass is 564 g/mol. The summed E-state index contributed by atoms with van der Waals surface area (Å²) >= 11 is 1.09. The third-order valence-corrected chi connectivity index (χ3v) is 7.29. The van der Waals surface area contributed by atoms with Crippen molar-refractivity contribution in [1.82, 2.24) is 5.32 Å². The maximum absolute atomic E-state index is 13.1. The second kappa shape index (κ2) is 10.9. The molecule has 4 rings (SSSR count). The molecule has 38 heavy (non-hydrogen) atoms. The lowest BCUT2D eigenvalue weighted by atomic mass is 10.1. The fourth-order valence-electron chi connectivity index (χ4n) is 3.35. The SMILES string of the molecule is CN(Cc1ccc(/C=C2/SC(=Nc3ccc(NS(=O)(=O)C(F)(F)F)cc3)NC2=O)cc1)c1ccc(F)cc1. The van der Waals surface area contributed by atoms with Crippen molar-refractivity contribution < 1.29 is 30.8 Å². The molecule has 1 fully saturated rings. The van der Waals surface area contributed by atoms with Gasteiger partial charge >= 0.3 is 15.5 Å². The first-order chi connectivity index (χ1) is 17.9.